The molecule has 0 fully saturated rings. The third kappa shape index (κ3) is 2.38. The number of aromatic nitrogens is 1. The second-order valence-corrected chi connectivity index (χ2v) is 9.78. The van der Waals surface area contributed by atoms with Crippen LogP contribution in [0.4, 0.5) is 0 Å². The number of rotatable bonds is 2. The van der Waals surface area contributed by atoms with Gasteiger partial charge in [0.15, 0.2) is 0 Å². The summed E-state index contributed by atoms with van der Waals surface area (Å²) in [6.07, 6.45) is 2.29. The van der Waals surface area contributed by atoms with E-state index in [4.69, 9.17) is 0 Å². The van der Waals surface area contributed by atoms with Crippen LogP contribution >= 0.6 is 43.6 Å². The Morgan fingerprint density at radius 2 is 1.50 bits per heavy atom. The van der Waals surface area contributed by atoms with Gasteiger partial charge in [0.05, 0.1) is 11.0 Å². The van der Waals surface area contributed by atoms with Crippen molar-refractivity contribution in [3.8, 4) is 0 Å². The second kappa shape index (κ2) is 6.24. The summed E-state index contributed by atoms with van der Waals surface area (Å²) in [5.74, 6) is 0. The predicted octanol–water partition coefficient (Wildman–Crippen LogP) is 8.51. The summed E-state index contributed by atoms with van der Waals surface area (Å²) in [5.41, 5.74) is 2.58. The molecular formula is C24H13Br2NS. The Labute approximate surface area is 182 Å². The Morgan fingerprint density at radius 3 is 2.36 bits per heavy atom. The van der Waals surface area contributed by atoms with E-state index in [0.717, 1.165) is 8.95 Å². The average Bonchev–Trinajstić information content (AvgIpc) is 3.22. The van der Waals surface area contributed by atoms with Crippen LogP contribution in [-0.2, 0) is 0 Å². The highest BCUT2D eigenvalue weighted by Crippen LogP contribution is 2.45. The van der Waals surface area contributed by atoms with Gasteiger partial charge in [0.25, 0.3) is 0 Å². The first-order valence-corrected chi connectivity index (χ1v) is 11.4. The van der Waals surface area contributed by atoms with Crippen molar-refractivity contribution in [2.24, 2.45) is 0 Å². The summed E-state index contributed by atoms with van der Waals surface area (Å²) in [6, 6.07) is 26.1. The summed E-state index contributed by atoms with van der Waals surface area (Å²) in [4.78, 5) is 2.49. The number of nitrogens with zero attached hydrogens (tertiary/aromatic N) is 1. The Bertz CT molecular complexity index is 1500. The van der Waals surface area contributed by atoms with Gasteiger partial charge in [-0.05, 0) is 57.0 Å². The maximum Gasteiger partial charge on any atom is 0.0626 e. The minimum absolute atomic E-state index is 1.08. The zero-order valence-corrected chi connectivity index (χ0v) is 18.6. The molecule has 0 spiro atoms. The van der Waals surface area contributed by atoms with Gasteiger partial charge in [-0.1, -0.05) is 70.2 Å². The molecule has 0 atom stereocenters. The first-order chi connectivity index (χ1) is 13.7. The van der Waals surface area contributed by atoms with E-state index in [1.54, 1.807) is 0 Å². The van der Waals surface area contributed by atoms with E-state index in [0.29, 0.717) is 0 Å². The maximum atomic E-state index is 3.71. The van der Waals surface area contributed by atoms with Crippen LogP contribution in [0.1, 0.15) is 0 Å². The fraction of sp³-hybridized carbons (Fsp3) is 0. The molecule has 0 saturated carbocycles. The molecular weight excluding hydrogens is 494 g/mol. The SMILES string of the molecule is Brc1ccc(Sc2cn3c4ccccc4c4c5ccccc5cc2c43)c(Br)c1. The molecule has 0 saturated heterocycles. The Kier molecular flexibility index (Phi) is 3.77. The van der Waals surface area contributed by atoms with E-state index < -0.39 is 0 Å². The van der Waals surface area contributed by atoms with Crippen LogP contribution < -0.4 is 0 Å². The van der Waals surface area contributed by atoms with Gasteiger partial charge in [-0.3, -0.25) is 0 Å². The van der Waals surface area contributed by atoms with Crippen LogP contribution in [0.5, 0.6) is 0 Å². The van der Waals surface area contributed by atoms with Crippen molar-refractivity contribution in [1.29, 1.82) is 0 Å². The van der Waals surface area contributed by atoms with Gasteiger partial charge in [0.1, 0.15) is 0 Å². The molecule has 1 nitrogen and oxygen atoms in total. The lowest BCUT2D eigenvalue weighted by Gasteiger charge is -2.06. The fourth-order valence-electron chi connectivity index (χ4n) is 4.14. The minimum Gasteiger partial charge on any atom is -0.314 e. The lowest BCUT2D eigenvalue weighted by Crippen LogP contribution is -1.78. The molecule has 0 amide bonds. The third-order valence-electron chi connectivity index (χ3n) is 5.32. The first kappa shape index (κ1) is 16.9. The molecule has 2 aromatic heterocycles. The van der Waals surface area contributed by atoms with Gasteiger partial charge >= 0.3 is 0 Å². The van der Waals surface area contributed by atoms with Gasteiger partial charge in [-0.25, -0.2) is 0 Å². The number of hydrogen-bond acceptors (Lipinski definition) is 1. The highest BCUT2D eigenvalue weighted by Gasteiger charge is 2.19. The Balaban J connectivity index is 1.72. The van der Waals surface area contributed by atoms with Crippen molar-refractivity contribution in [3.05, 3.63) is 87.9 Å². The van der Waals surface area contributed by atoms with Crippen molar-refractivity contribution >= 4 is 81.6 Å². The summed E-state index contributed by atoms with van der Waals surface area (Å²) < 4.78 is 4.54. The van der Waals surface area contributed by atoms with Crippen molar-refractivity contribution in [1.82, 2.24) is 4.40 Å². The molecule has 6 aromatic rings. The van der Waals surface area contributed by atoms with E-state index in [-0.39, 0.29) is 0 Å². The largest absolute Gasteiger partial charge is 0.314 e. The molecule has 0 N–H and O–H groups in total. The third-order valence-corrected chi connectivity index (χ3v) is 7.85. The Hall–Kier alpha value is -2.01. The summed E-state index contributed by atoms with van der Waals surface area (Å²) >= 11 is 9.07. The van der Waals surface area contributed by atoms with Crippen LogP contribution in [-0.4, -0.2) is 4.40 Å². The van der Waals surface area contributed by atoms with Gasteiger partial charge < -0.3 is 4.40 Å². The molecule has 0 aliphatic rings. The standard InChI is InChI=1S/C24H13Br2NS/c25-15-9-10-21(19(26)12-15)28-22-13-27-20-8-4-3-7-17(20)23-16-6-2-1-5-14(16)11-18(22)24(23)27/h1-13H. The van der Waals surface area contributed by atoms with Crippen LogP contribution in [0.15, 0.2) is 97.7 Å². The molecule has 4 heteroatoms. The molecule has 0 unspecified atom stereocenters. The highest BCUT2D eigenvalue weighted by atomic mass is 79.9. The summed E-state index contributed by atoms with van der Waals surface area (Å²) in [5, 5.41) is 6.59. The van der Waals surface area contributed by atoms with Gasteiger partial charge in [0.2, 0.25) is 0 Å². The molecule has 0 aliphatic carbocycles. The average molecular weight is 507 g/mol. The quantitative estimate of drug-likeness (QED) is 0.227. The predicted molar refractivity (Wildman–Crippen MR) is 127 cm³/mol. The number of halogens is 2. The first-order valence-electron chi connectivity index (χ1n) is 9.00. The number of benzene rings is 4. The Morgan fingerprint density at radius 1 is 0.714 bits per heavy atom. The number of hydrogen-bond donors (Lipinski definition) is 0. The van der Waals surface area contributed by atoms with E-state index in [2.05, 4.69) is 115 Å². The molecule has 4 aromatic carbocycles. The molecule has 2 heterocycles. The molecule has 0 radical (unpaired) electrons. The van der Waals surface area contributed by atoms with Gasteiger partial charge in [0, 0.05) is 41.1 Å². The normalized spacial score (nSPS) is 12.1. The van der Waals surface area contributed by atoms with Gasteiger partial charge in [-0.2, -0.15) is 0 Å². The summed E-state index contributed by atoms with van der Waals surface area (Å²) in [7, 11) is 0. The second-order valence-electron chi connectivity index (χ2n) is 6.93. The maximum absolute atomic E-state index is 3.71. The smallest absolute Gasteiger partial charge is 0.0626 e. The molecule has 28 heavy (non-hydrogen) atoms. The highest BCUT2D eigenvalue weighted by molar-refractivity contribution is 9.11. The molecule has 6 rings (SSSR count). The fourth-order valence-corrected chi connectivity index (χ4v) is 6.38. The van der Waals surface area contributed by atoms with E-state index >= 15 is 0 Å². The zero-order chi connectivity index (χ0) is 18.8. The van der Waals surface area contributed by atoms with Crippen molar-refractivity contribution < 1.29 is 0 Å². The lowest BCUT2D eigenvalue weighted by atomic mass is 10.0. The molecule has 0 bridgehead atoms. The topological polar surface area (TPSA) is 4.41 Å². The van der Waals surface area contributed by atoms with Crippen LogP contribution in [0.25, 0.3) is 38.0 Å². The summed E-state index contributed by atoms with van der Waals surface area (Å²) in [6.45, 7) is 0. The lowest BCUT2D eigenvalue weighted by molar-refractivity contribution is 1.26. The van der Waals surface area contributed by atoms with Gasteiger partial charge in [-0.15, -0.1) is 0 Å². The van der Waals surface area contributed by atoms with Crippen molar-refractivity contribution in [3.63, 3.8) is 0 Å². The van der Waals surface area contributed by atoms with Crippen molar-refractivity contribution in [2.45, 2.75) is 9.79 Å². The number of fused-ring (bicyclic) bond motifs is 5. The van der Waals surface area contributed by atoms with E-state index in [1.807, 2.05) is 11.8 Å². The number of para-hydroxylation sites is 1. The molecule has 134 valence electrons. The van der Waals surface area contributed by atoms with Crippen LogP contribution in [0.2, 0.25) is 0 Å². The van der Waals surface area contributed by atoms with E-state index in [9.17, 15) is 0 Å². The zero-order valence-electron chi connectivity index (χ0n) is 14.6. The molecule has 0 aliphatic heterocycles. The van der Waals surface area contributed by atoms with E-state index in [1.165, 1.54) is 47.8 Å². The van der Waals surface area contributed by atoms with Crippen LogP contribution in [0.3, 0.4) is 0 Å². The van der Waals surface area contributed by atoms with Crippen molar-refractivity contribution in [2.75, 3.05) is 0 Å². The monoisotopic (exact) mass is 505 g/mol. The van der Waals surface area contributed by atoms with Crippen LogP contribution in [0, 0.1) is 0 Å². The minimum atomic E-state index is 1.08.